The second-order valence-corrected chi connectivity index (χ2v) is 11.4. The van der Waals surface area contributed by atoms with E-state index in [-0.39, 0.29) is 22.6 Å². The number of aryl methyl sites for hydroxylation is 1. The van der Waals surface area contributed by atoms with Crippen LogP contribution in [-0.2, 0) is 26.2 Å². The minimum Gasteiger partial charge on any atom is -0.350 e. The third kappa shape index (κ3) is 5.45. The van der Waals surface area contributed by atoms with E-state index in [1.807, 2.05) is 19.1 Å². The van der Waals surface area contributed by atoms with E-state index in [1.165, 1.54) is 4.31 Å². The highest BCUT2D eigenvalue weighted by molar-refractivity contribution is 7.89. The number of hydrogen-bond donors (Lipinski definition) is 1. The van der Waals surface area contributed by atoms with Crippen LogP contribution in [0, 0.1) is 12.8 Å². The van der Waals surface area contributed by atoms with Crippen LogP contribution in [-0.4, -0.2) is 55.1 Å². The van der Waals surface area contributed by atoms with Gasteiger partial charge in [-0.15, -0.1) is 0 Å². The summed E-state index contributed by atoms with van der Waals surface area (Å²) in [6, 6.07) is 13.6. The lowest BCUT2D eigenvalue weighted by atomic mass is 9.96. The molecule has 2 aromatic carbocycles. The molecule has 7 nitrogen and oxygen atoms in total. The molecule has 1 unspecified atom stereocenters. The van der Waals surface area contributed by atoms with Gasteiger partial charge in [0, 0.05) is 37.1 Å². The van der Waals surface area contributed by atoms with Crippen LogP contribution in [0.25, 0.3) is 0 Å². The van der Waals surface area contributed by atoms with Crippen molar-refractivity contribution in [3.05, 3.63) is 64.7 Å². The fraction of sp³-hybridized carbons (Fsp3) is 0.440. The first kappa shape index (κ1) is 24.7. The van der Waals surface area contributed by atoms with Crippen LogP contribution in [0.15, 0.2) is 53.4 Å². The van der Waals surface area contributed by atoms with E-state index in [0.29, 0.717) is 50.5 Å². The number of nitrogens with one attached hydrogen (secondary N) is 1. The highest BCUT2D eigenvalue weighted by atomic mass is 35.5. The number of benzene rings is 2. The molecule has 0 spiro atoms. The number of carbonyl (C=O) groups is 2. The topological polar surface area (TPSA) is 86.8 Å². The molecule has 1 atom stereocenters. The molecule has 2 aliphatic rings. The lowest BCUT2D eigenvalue weighted by molar-refractivity contribution is -0.142. The van der Waals surface area contributed by atoms with Crippen molar-refractivity contribution < 1.29 is 18.0 Å². The van der Waals surface area contributed by atoms with E-state index in [4.69, 9.17) is 11.6 Å². The second-order valence-electron chi connectivity index (χ2n) is 9.03. The Hall–Kier alpha value is -2.42. The number of piperidine rings is 1. The molecule has 2 amide bonds. The average Bonchev–Trinajstić information content (AvgIpc) is 3.33. The van der Waals surface area contributed by atoms with Crippen molar-refractivity contribution in [2.75, 3.05) is 19.6 Å². The highest BCUT2D eigenvalue weighted by Crippen LogP contribution is 2.28. The molecule has 2 aliphatic heterocycles. The summed E-state index contributed by atoms with van der Waals surface area (Å²) in [4.78, 5) is 28.0. The summed E-state index contributed by atoms with van der Waals surface area (Å²) in [7, 11) is -3.57. The van der Waals surface area contributed by atoms with Gasteiger partial charge < -0.3 is 10.2 Å². The van der Waals surface area contributed by atoms with Crippen molar-refractivity contribution in [3.63, 3.8) is 0 Å². The maximum Gasteiger partial charge on any atom is 0.243 e. The molecule has 182 valence electrons. The van der Waals surface area contributed by atoms with Gasteiger partial charge in [0.1, 0.15) is 6.04 Å². The van der Waals surface area contributed by atoms with Crippen molar-refractivity contribution in [2.45, 2.75) is 50.1 Å². The largest absolute Gasteiger partial charge is 0.350 e. The Morgan fingerprint density at radius 1 is 0.971 bits per heavy atom. The number of rotatable bonds is 6. The predicted molar refractivity (Wildman–Crippen MR) is 131 cm³/mol. The first-order valence-electron chi connectivity index (χ1n) is 11.6. The number of carbonyl (C=O) groups excluding carboxylic acids is 2. The first-order chi connectivity index (χ1) is 16.3. The van der Waals surface area contributed by atoms with Gasteiger partial charge in [-0.25, -0.2) is 8.42 Å². The van der Waals surface area contributed by atoms with Crippen LogP contribution < -0.4 is 5.32 Å². The Morgan fingerprint density at radius 2 is 1.62 bits per heavy atom. The molecule has 9 heteroatoms. The Balaban J connectivity index is 1.33. The molecule has 0 bridgehead atoms. The fourth-order valence-corrected chi connectivity index (χ4v) is 6.24. The summed E-state index contributed by atoms with van der Waals surface area (Å²) in [5, 5.41) is 3.57. The normalized spacial score (nSPS) is 19.8. The molecule has 2 saturated heterocycles. The van der Waals surface area contributed by atoms with Crippen LogP contribution in [0.1, 0.15) is 36.8 Å². The van der Waals surface area contributed by atoms with Gasteiger partial charge in [-0.05, 0) is 62.4 Å². The van der Waals surface area contributed by atoms with E-state index in [2.05, 4.69) is 5.32 Å². The van der Waals surface area contributed by atoms with Crippen LogP contribution in [0.2, 0.25) is 5.02 Å². The van der Waals surface area contributed by atoms with Crippen molar-refractivity contribution in [2.24, 2.45) is 5.92 Å². The van der Waals surface area contributed by atoms with Gasteiger partial charge in [0.25, 0.3) is 0 Å². The molecular formula is C25H30ClN3O4S. The number of halogens is 1. The highest BCUT2D eigenvalue weighted by Gasteiger charge is 2.39. The Labute approximate surface area is 206 Å². The summed E-state index contributed by atoms with van der Waals surface area (Å²) < 4.78 is 27.4. The van der Waals surface area contributed by atoms with Gasteiger partial charge in [0.05, 0.1) is 4.90 Å². The number of amides is 2. The van der Waals surface area contributed by atoms with E-state index in [9.17, 15) is 18.0 Å². The fourth-order valence-electron chi connectivity index (χ4n) is 4.65. The Bertz CT molecular complexity index is 1130. The van der Waals surface area contributed by atoms with Crippen molar-refractivity contribution >= 4 is 33.4 Å². The van der Waals surface area contributed by atoms with Crippen molar-refractivity contribution in [1.29, 1.82) is 0 Å². The zero-order valence-electron chi connectivity index (χ0n) is 19.2. The molecule has 0 aliphatic carbocycles. The third-order valence-corrected chi connectivity index (χ3v) is 8.85. The lowest BCUT2D eigenvalue weighted by Crippen LogP contribution is -2.49. The zero-order chi connectivity index (χ0) is 24.3. The smallest absolute Gasteiger partial charge is 0.243 e. The zero-order valence-corrected chi connectivity index (χ0v) is 20.8. The minimum atomic E-state index is -3.57. The van der Waals surface area contributed by atoms with Crippen LogP contribution >= 0.6 is 11.6 Å². The molecule has 1 N–H and O–H groups in total. The van der Waals surface area contributed by atoms with Gasteiger partial charge >= 0.3 is 0 Å². The van der Waals surface area contributed by atoms with Crippen molar-refractivity contribution in [3.8, 4) is 0 Å². The Kier molecular flexibility index (Phi) is 7.60. The van der Waals surface area contributed by atoms with Crippen LogP contribution in [0.4, 0.5) is 0 Å². The molecule has 2 heterocycles. The maximum atomic E-state index is 13.3. The van der Waals surface area contributed by atoms with E-state index in [1.54, 1.807) is 41.3 Å². The summed E-state index contributed by atoms with van der Waals surface area (Å²) in [5.74, 6) is -0.467. The molecule has 0 radical (unpaired) electrons. The summed E-state index contributed by atoms with van der Waals surface area (Å²) in [6.07, 6.45) is 2.34. The SMILES string of the molecule is Cc1ccc(S(=O)(=O)N2CCC(C(=O)N3CCCC3C(=O)NCc3ccc(Cl)cc3)CC2)cc1. The van der Waals surface area contributed by atoms with E-state index in [0.717, 1.165) is 17.5 Å². The molecule has 0 aromatic heterocycles. The van der Waals surface area contributed by atoms with E-state index >= 15 is 0 Å². The average molecular weight is 504 g/mol. The molecule has 4 rings (SSSR count). The molecular weight excluding hydrogens is 474 g/mol. The van der Waals surface area contributed by atoms with Crippen LogP contribution in [0.3, 0.4) is 0 Å². The molecule has 2 aromatic rings. The maximum absolute atomic E-state index is 13.3. The second kappa shape index (κ2) is 10.5. The number of likely N-dealkylation sites (tertiary alicyclic amines) is 1. The van der Waals surface area contributed by atoms with Gasteiger partial charge in [-0.1, -0.05) is 41.4 Å². The minimum absolute atomic E-state index is 0.0449. The molecule has 34 heavy (non-hydrogen) atoms. The molecule has 2 fully saturated rings. The number of hydrogen-bond acceptors (Lipinski definition) is 4. The van der Waals surface area contributed by atoms with Gasteiger partial charge in [-0.3, -0.25) is 9.59 Å². The first-order valence-corrected chi connectivity index (χ1v) is 13.5. The monoisotopic (exact) mass is 503 g/mol. The summed E-state index contributed by atoms with van der Waals surface area (Å²) in [6.45, 7) is 3.45. The van der Waals surface area contributed by atoms with E-state index < -0.39 is 16.1 Å². The summed E-state index contributed by atoms with van der Waals surface area (Å²) >= 11 is 5.91. The quantitative estimate of drug-likeness (QED) is 0.655. The summed E-state index contributed by atoms with van der Waals surface area (Å²) in [5.41, 5.74) is 1.94. The number of nitrogens with zero attached hydrogens (tertiary/aromatic N) is 2. The lowest BCUT2D eigenvalue weighted by Gasteiger charge is -2.34. The number of sulfonamides is 1. The van der Waals surface area contributed by atoms with Gasteiger partial charge in [0.15, 0.2) is 0 Å². The van der Waals surface area contributed by atoms with Crippen molar-refractivity contribution in [1.82, 2.24) is 14.5 Å². The predicted octanol–water partition coefficient (Wildman–Crippen LogP) is 3.36. The van der Waals surface area contributed by atoms with Crippen LogP contribution in [0.5, 0.6) is 0 Å². The Morgan fingerprint density at radius 3 is 2.26 bits per heavy atom. The third-order valence-electron chi connectivity index (χ3n) is 6.68. The van der Waals surface area contributed by atoms with Gasteiger partial charge in [-0.2, -0.15) is 4.31 Å². The molecule has 0 saturated carbocycles. The van der Waals surface area contributed by atoms with Gasteiger partial charge in [0.2, 0.25) is 21.8 Å². The standard InChI is InChI=1S/C25H30ClN3O4S/c1-18-4-10-22(11-5-18)34(32,33)28-15-12-20(13-16-28)25(31)29-14-2-3-23(29)24(30)27-17-19-6-8-21(26)9-7-19/h4-11,20,23H,2-3,12-17H2,1H3,(H,27,30).